The highest BCUT2D eigenvalue weighted by molar-refractivity contribution is 5.78. The molecule has 0 unspecified atom stereocenters. The molecule has 98 valence electrons. The van der Waals surface area contributed by atoms with Crippen LogP contribution < -0.4 is 0 Å². The first kappa shape index (κ1) is 16.1. The minimum atomic E-state index is 0.389. The summed E-state index contributed by atoms with van der Waals surface area (Å²) in [5.41, 5.74) is 1.30. The van der Waals surface area contributed by atoms with Crippen molar-refractivity contribution in [3.63, 3.8) is 0 Å². The minimum absolute atomic E-state index is 0.389. The highest BCUT2D eigenvalue weighted by Gasteiger charge is 2.02. The molecule has 0 aliphatic heterocycles. The number of carbonyl (C=O) groups excluding carboxylic acids is 1. The van der Waals surface area contributed by atoms with Crippen molar-refractivity contribution >= 4 is 5.78 Å². The zero-order valence-corrected chi connectivity index (χ0v) is 12.1. The van der Waals surface area contributed by atoms with Crippen LogP contribution in [0.4, 0.5) is 0 Å². The molecule has 0 rings (SSSR count). The summed E-state index contributed by atoms with van der Waals surface area (Å²) in [6, 6.07) is 0. The summed E-state index contributed by atoms with van der Waals surface area (Å²) in [7, 11) is 0. The third-order valence-electron chi connectivity index (χ3n) is 2.46. The zero-order chi connectivity index (χ0) is 13.3. The van der Waals surface area contributed by atoms with E-state index in [9.17, 15) is 4.79 Å². The Balaban J connectivity index is 4.36. The summed E-state index contributed by atoms with van der Waals surface area (Å²) in [5.74, 6) is 1.50. The normalized spacial score (nSPS) is 13.0. The van der Waals surface area contributed by atoms with E-state index < -0.39 is 0 Å². The van der Waals surface area contributed by atoms with Crippen LogP contribution in [-0.2, 0) is 4.79 Å². The lowest BCUT2D eigenvalue weighted by Gasteiger charge is -2.05. The molecule has 0 heterocycles. The molecule has 0 aromatic heterocycles. The van der Waals surface area contributed by atoms with Crippen molar-refractivity contribution in [2.24, 2.45) is 11.8 Å². The molecular weight excluding hydrogens is 208 g/mol. The van der Waals surface area contributed by atoms with Crippen molar-refractivity contribution in [3.8, 4) is 0 Å². The van der Waals surface area contributed by atoms with Gasteiger partial charge >= 0.3 is 0 Å². The second-order valence-electron chi connectivity index (χ2n) is 5.38. The van der Waals surface area contributed by atoms with Crippen molar-refractivity contribution in [1.29, 1.82) is 0 Å². The van der Waals surface area contributed by atoms with E-state index in [1.165, 1.54) is 5.57 Å². The smallest absolute Gasteiger partial charge is 0.133 e. The van der Waals surface area contributed by atoms with Crippen molar-refractivity contribution < 1.29 is 4.79 Å². The Bertz CT molecular complexity index is 269. The van der Waals surface area contributed by atoms with Crippen LogP contribution in [0.2, 0.25) is 0 Å². The van der Waals surface area contributed by atoms with E-state index in [1.807, 2.05) is 0 Å². The fourth-order valence-corrected chi connectivity index (χ4v) is 1.65. The van der Waals surface area contributed by atoms with Gasteiger partial charge in [-0.25, -0.2) is 0 Å². The van der Waals surface area contributed by atoms with Gasteiger partial charge in [0.2, 0.25) is 0 Å². The Labute approximate surface area is 107 Å². The monoisotopic (exact) mass is 236 g/mol. The van der Waals surface area contributed by atoms with Crippen molar-refractivity contribution in [2.45, 2.75) is 60.3 Å². The van der Waals surface area contributed by atoms with Gasteiger partial charge in [-0.1, -0.05) is 58.4 Å². The molecule has 1 nitrogen and oxygen atoms in total. The number of carbonyl (C=O) groups is 1. The van der Waals surface area contributed by atoms with Crippen molar-refractivity contribution in [3.05, 3.63) is 23.8 Å². The number of hydrogen-bond donors (Lipinski definition) is 0. The molecule has 0 aliphatic carbocycles. The van der Waals surface area contributed by atoms with Gasteiger partial charge in [0.25, 0.3) is 0 Å². The molecule has 0 saturated heterocycles. The van der Waals surface area contributed by atoms with E-state index in [-0.39, 0.29) is 0 Å². The maximum Gasteiger partial charge on any atom is 0.133 e. The third kappa shape index (κ3) is 10.0. The summed E-state index contributed by atoms with van der Waals surface area (Å²) in [6.07, 6.45) is 9.92. The summed E-state index contributed by atoms with van der Waals surface area (Å²) in [6.45, 7) is 10.8. The van der Waals surface area contributed by atoms with Gasteiger partial charge in [-0.15, -0.1) is 0 Å². The van der Waals surface area contributed by atoms with Gasteiger partial charge in [0.1, 0.15) is 5.78 Å². The standard InChI is InChI=1S/C16H28O/c1-6-7-16(17)11-10-15(12-14(4)5)9-8-13(2)3/h8-9,12-14H,6-7,10-11H2,1-5H3/b9-8-,15-12+. The average molecular weight is 236 g/mol. The molecule has 1 heteroatoms. The molecule has 0 aliphatic rings. The topological polar surface area (TPSA) is 17.1 Å². The number of Topliss-reactive ketones (excluding diaryl/α,β-unsaturated/α-hetero) is 1. The quantitative estimate of drug-likeness (QED) is 0.546. The molecular formula is C16H28O. The van der Waals surface area contributed by atoms with Crippen LogP contribution in [0.5, 0.6) is 0 Å². The molecule has 0 saturated carbocycles. The lowest BCUT2D eigenvalue weighted by molar-refractivity contribution is -0.119. The molecule has 0 bridgehead atoms. The first-order chi connectivity index (χ1) is 7.95. The highest BCUT2D eigenvalue weighted by atomic mass is 16.1. The maximum atomic E-state index is 11.5. The second kappa shape index (κ2) is 9.21. The number of hydrogen-bond acceptors (Lipinski definition) is 1. The summed E-state index contributed by atoms with van der Waals surface area (Å²) < 4.78 is 0. The lowest BCUT2D eigenvalue weighted by atomic mass is 10.0. The van der Waals surface area contributed by atoms with Gasteiger partial charge in [-0.2, -0.15) is 0 Å². The molecule has 0 amide bonds. The van der Waals surface area contributed by atoms with Crippen LogP contribution in [0.1, 0.15) is 60.3 Å². The Kier molecular flexibility index (Phi) is 8.75. The highest BCUT2D eigenvalue weighted by Crippen LogP contribution is 2.13. The van der Waals surface area contributed by atoms with Crippen molar-refractivity contribution in [2.75, 3.05) is 0 Å². The fourth-order valence-electron chi connectivity index (χ4n) is 1.65. The third-order valence-corrected chi connectivity index (χ3v) is 2.46. The van der Waals surface area contributed by atoms with E-state index in [4.69, 9.17) is 0 Å². The van der Waals surface area contributed by atoms with E-state index >= 15 is 0 Å². The SMILES string of the molecule is CCCC(=O)CCC(/C=C\C(C)C)=C/C(C)C. The molecule has 0 fully saturated rings. The van der Waals surface area contributed by atoms with Crippen LogP contribution in [0.3, 0.4) is 0 Å². The first-order valence-corrected chi connectivity index (χ1v) is 6.86. The summed E-state index contributed by atoms with van der Waals surface area (Å²) in [5, 5.41) is 0. The minimum Gasteiger partial charge on any atom is -0.300 e. The summed E-state index contributed by atoms with van der Waals surface area (Å²) >= 11 is 0. The number of rotatable bonds is 8. The van der Waals surface area contributed by atoms with Crippen LogP contribution in [0.25, 0.3) is 0 Å². The predicted molar refractivity (Wildman–Crippen MR) is 76.0 cm³/mol. The average Bonchev–Trinajstić information content (AvgIpc) is 2.21. The van der Waals surface area contributed by atoms with Crippen LogP contribution >= 0.6 is 0 Å². The Morgan fingerprint density at radius 2 is 1.65 bits per heavy atom. The molecule has 0 N–H and O–H groups in total. The van der Waals surface area contributed by atoms with E-state index in [0.29, 0.717) is 24.0 Å². The fraction of sp³-hybridized carbons (Fsp3) is 0.688. The zero-order valence-electron chi connectivity index (χ0n) is 12.1. The number of allylic oxidation sites excluding steroid dienone is 4. The van der Waals surface area contributed by atoms with E-state index in [0.717, 1.165) is 19.3 Å². The number of ketones is 1. The van der Waals surface area contributed by atoms with Crippen molar-refractivity contribution in [1.82, 2.24) is 0 Å². The van der Waals surface area contributed by atoms with Gasteiger partial charge in [-0.3, -0.25) is 4.79 Å². The molecule has 0 radical (unpaired) electrons. The van der Waals surface area contributed by atoms with Crippen LogP contribution in [-0.4, -0.2) is 5.78 Å². The molecule has 0 atom stereocenters. The largest absolute Gasteiger partial charge is 0.300 e. The molecule has 0 aromatic rings. The lowest BCUT2D eigenvalue weighted by Crippen LogP contribution is -1.98. The van der Waals surface area contributed by atoms with E-state index in [1.54, 1.807) is 0 Å². The predicted octanol–water partition coefficient (Wildman–Crippen LogP) is 4.93. The molecule has 17 heavy (non-hydrogen) atoms. The summed E-state index contributed by atoms with van der Waals surface area (Å²) in [4.78, 5) is 11.5. The van der Waals surface area contributed by atoms with Gasteiger partial charge in [-0.05, 0) is 24.7 Å². The Morgan fingerprint density at radius 3 is 2.12 bits per heavy atom. The van der Waals surface area contributed by atoms with Gasteiger partial charge < -0.3 is 0 Å². The second-order valence-corrected chi connectivity index (χ2v) is 5.38. The van der Waals surface area contributed by atoms with Gasteiger partial charge in [0.05, 0.1) is 0 Å². The molecule has 0 aromatic carbocycles. The van der Waals surface area contributed by atoms with Gasteiger partial charge in [0, 0.05) is 12.8 Å². The van der Waals surface area contributed by atoms with E-state index in [2.05, 4.69) is 52.8 Å². The van der Waals surface area contributed by atoms with Crippen LogP contribution in [0, 0.1) is 11.8 Å². The first-order valence-electron chi connectivity index (χ1n) is 6.86. The van der Waals surface area contributed by atoms with Gasteiger partial charge in [0.15, 0.2) is 0 Å². The Morgan fingerprint density at radius 1 is 1.00 bits per heavy atom. The van der Waals surface area contributed by atoms with Crippen LogP contribution in [0.15, 0.2) is 23.8 Å². The Hall–Kier alpha value is -0.850. The molecule has 0 spiro atoms. The maximum absolute atomic E-state index is 11.5.